The van der Waals surface area contributed by atoms with Crippen LogP contribution >= 0.6 is 11.6 Å². The maximum atomic E-state index is 12.7. The average molecular weight is 281 g/mol. The van der Waals surface area contributed by atoms with Gasteiger partial charge >= 0.3 is 0 Å². The van der Waals surface area contributed by atoms with Crippen molar-refractivity contribution in [3.63, 3.8) is 0 Å². The summed E-state index contributed by atoms with van der Waals surface area (Å²) in [7, 11) is -3.65. The van der Waals surface area contributed by atoms with Crippen molar-refractivity contribution in [3.8, 4) is 0 Å². The highest BCUT2D eigenvalue weighted by molar-refractivity contribution is 7.93. The van der Waals surface area contributed by atoms with E-state index in [1.54, 1.807) is 6.92 Å². The Kier molecular flexibility index (Phi) is 4.17. The smallest absolute Gasteiger partial charge is 0.174 e. The van der Waals surface area contributed by atoms with E-state index in [1.165, 1.54) is 12.1 Å². The average Bonchev–Trinajstić information content (AvgIpc) is 2.26. The molecule has 0 radical (unpaired) electrons. The number of aliphatic hydroxyl groups excluding tert-OH is 1. The summed E-state index contributed by atoms with van der Waals surface area (Å²) in [5.74, 6) is -0.461. The molecule has 1 N–H and O–H groups in total. The SMILES string of the molecule is CC[C@](Cl)([C@H](O)c1ccc(F)cc1)S(C)(=O)=O. The van der Waals surface area contributed by atoms with E-state index in [-0.39, 0.29) is 12.0 Å². The molecule has 0 bridgehead atoms. The second kappa shape index (κ2) is 4.92. The maximum Gasteiger partial charge on any atom is 0.174 e. The van der Waals surface area contributed by atoms with Gasteiger partial charge in [-0.05, 0) is 24.1 Å². The zero-order chi connectivity index (χ0) is 13.3. The van der Waals surface area contributed by atoms with Crippen molar-refractivity contribution in [2.45, 2.75) is 23.7 Å². The molecule has 1 rings (SSSR count). The normalized spacial score (nSPS) is 17.5. The van der Waals surface area contributed by atoms with Crippen molar-refractivity contribution in [2.24, 2.45) is 0 Å². The predicted molar refractivity (Wildman–Crippen MR) is 65.1 cm³/mol. The fourth-order valence-corrected chi connectivity index (χ4v) is 2.74. The molecule has 0 amide bonds. The van der Waals surface area contributed by atoms with Gasteiger partial charge in [0.1, 0.15) is 11.9 Å². The lowest BCUT2D eigenvalue weighted by molar-refractivity contribution is 0.154. The molecule has 2 atom stereocenters. The van der Waals surface area contributed by atoms with Crippen molar-refractivity contribution in [2.75, 3.05) is 6.26 Å². The highest BCUT2D eigenvalue weighted by atomic mass is 35.5. The molecule has 0 aliphatic rings. The molecule has 0 spiro atoms. The van der Waals surface area contributed by atoms with Crippen molar-refractivity contribution in [3.05, 3.63) is 35.6 Å². The molecule has 0 aliphatic carbocycles. The molecule has 0 saturated carbocycles. The highest BCUT2D eigenvalue weighted by Gasteiger charge is 2.44. The Bertz CT molecular complexity index is 486. The lowest BCUT2D eigenvalue weighted by Crippen LogP contribution is -2.37. The summed E-state index contributed by atoms with van der Waals surface area (Å²) in [5.41, 5.74) is 0.272. The first-order valence-corrected chi connectivity index (χ1v) is 7.31. The minimum absolute atomic E-state index is 0.0476. The van der Waals surface area contributed by atoms with Gasteiger partial charge in [0.15, 0.2) is 14.0 Å². The van der Waals surface area contributed by atoms with Gasteiger partial charge < -0.3 is 5.11 Å². The number of benzene rings is 1. The molecule has 0 fully saturated rings. The molecule has 6 heteroatoms. The number of aliphatic hydroxyl groups is 1. The van der Waals surface area contributed by atoms with Gasteiger partial charge in [0.25, 0.3) is 0 Å². The Balaban J connectivity index is 3.19. The van der Waals surface area contributed by atoms with E-state index in [1.807, 2.05) is 0 Å². The maximum absolute atomic E-state index is 12.7. The lowest BCUT2D eigenvalue weighted by Gasteiger charge is -2.29. The van der Waals surface area contributed by atoms with Crippen LogP contribution < -0.4 is 0 Å². The van der Waals surface area contributed by atoms with Crippen LogP contribution in [0.1, 0.15) is 25.0 Å². The Morgan fingerprint density at radius 3 is 2.24 bits per heavy atom. The van der Waals surface area contributed by atoms with Gasteiger partial charge in [-0.15, -0.1) is 0 Å². The second-order valence-corrected chi connectivity index (χ2v) is 7.04. The Morgan fingerprint density at radius 1 is 1.41 bits per heavy atom. The van der Waals surface area contributed by atoms with E-state index < -0.39 is 26.0 Å². The molecule has 0 saturated heterocycles. The standard InChI is InChI=1S/C11H14ClFO3S/c1-3-11(12,17(2,15)16)10(14)8-4-6-9(13)7-5-8/h4-7,10,14H,3H2,1-2H3/t10-,11-/m1/s1. The highest BCUT2D eigenvalue weighted by Crippen LogP contribution is 2.39. The molecule has 17 heavy (non-hydrogen) atoms. The number of hydrogen-bond acceptors (Lipinski definition) is 3. The molecular weight excluding hydrogens is 267 g/mol. The lowest BCUT2D eigenvalue weighted by atomic mass is 10.0. The fraction of sp³-hybridized carbons (Fsp3) is 0.455. The van der Waals surface area contributed by atoms with Gasteiger partial charge in [0, 0.05) is 6.26 Å². The third-order valence-corrected chi connectivity index (χ3v) is 5.75. The van der Waals surface area contributed by atoms with Crippen molar-refractivity contribution in [1.82, 2.24) is 0 Å². The van der Waals surface area contributed by atoms with Gasteiger partial charge in [-0.3, -0.25) is 0 Å². The summed E-state index contributed by atoms with van der Waals surface area (Å²) in [4.78, 5) is 0. The van der Waals surface area contributed by atoms with E-state index in [4.69, 9.17) is 11.6 Å². The summed E-state index contributed by atoms with van der Waals surface area (Å²) in [6.07, 6.45) is -0.382. The largest absolute Gasteiger partial charge is 0.385 e. The quantitative estimate of drug-likeness (QED) is 0.861. The van der Waals surface area contributed by atoms with Gasteiger partial charge in [0.05, 0.1) is 0 Å². The second-order valence-electron chi connectivity index (χ2n) is 3.87. The van der Waals surface area contributed by atoms with Crippen molar-refractivity contribution < 1.29 is 17.9 Å². The summed E-state index contributed by atoms with van der Waals surface area (Å²) in [6, 6.07) is 4.93. The number of sulfone groups is 1. The molecule has 1 aromatic rings. The van der Waals surface area contributed by atoms with Gasteiger partial charge in [-0.2, -0.15) is 0 Å². The van der Waals surface area contributed by atoms with Crippen molar-refractivity contribution >= 4 is 21.4 Å². The third kappa shape index (κ3) is 2.78. The minimum Gasteiger partial charge on any atom is -0.385 e. The van der Waals surface area contributed by atoms with Crippen LogP contribution in [0.15, 0.2) is 24.3 Å². The number of halogens is 2. The van der Waals surface area contributed by atoms with E-state index in [0.29, 0.717) is 0 Å². The van der Waals surface area contributed by atoms with Crippen LogP contribution in [0.5, 0.6) is 0 Å². The van der Waals surface area contributed by atoms with Gasteiger partial charge in [-0.1, -0.05) is 30.7 Å². The zero-order valence-corrected chi connectivity index (χ0v) is 11.1. The van der Waals surface area contributed by atoms with Crippen LogP contribution in [0.3, 0.4) is 0 Å². The topological polar surface area (TPSA) is 54.4 Å². The van der Waals surface area contributed by atoms with Gasteiger partial charge in [0.2, 0.25) is 0 Å². The van der Waals surface area contributed by atoms with E-state index >= 15 is 0 Å². The summed E-state index contributed by atoms with van der Waals surface area (Å²) >= 11 is 5.99. The van der Waals surface area contributed by atoms with Crippen LogP contribution in [0, 0.1) is 5.82 Å². The number of rotatable bonds is 4. The first-order chi connectivity index (χ1) is 7.72. The Labute approximate surface area is 105 Å². The van der Waals surface area contributed by atoms with Gasteiger partial charge in [-0.25, -0.2) is 12.8 Å². The fourth-order valence-electron chi connectivity index (χ4n) is 1.55. The summed E-state index contributed by atoms with van der Waals surface area (Å²) < 4.78 is 34.1. The monoisotopic (exact) mass is 280 g/mol. The minimum atomic E-state index is -3.65. The molecule has 0 aromatic heterocycles. The summed E-state index contributed by atoms with van der Waals surface area (Å²) in [6.45, 7) is 1.57. The van der Waals surface area contributed by atoms with Crippen LogP contribution in [0.2, 0.25) is 0 Å². The first-order valence-electron chi connectivity index (χ1n) is 5.04. The molecule has 0 unspecified atom stereocenters. The van der Waals surface area contributed by atoms with Crippen LogP contribution in [-0.2, 0) is 9.84 Å². The van der Waals surface area contributed by atoms with Crippen molar-refractivity contribution in [1.29, 1.82) is 0 Å². The Hall–Kier alpha value is -0.650. The predicted octanol–water partition coefficient (Wildman–Crippen LogP) is 2.25. The molecular formula is C11H14ClFO3S. The number of alkyl halides is 1. The van der Waals surface area contributed by atoms with Crippen LogP contribution in [0.4, 0.5) is 4.39 Å². The molecule has 0 heterocycles. The summed E-state index contributed by atoms with van der Waals surface area (Å²) in [5, 5.41) is 10.0. The van der Waals surface area contributed by atoms with E-state index in [0.717, 1.165) is 18.4 Å². The first kappa shape index (κ1) is 14.4. The third-order valence-electron chi connectivity index (χ3n) is 2.69. The van der Waals surface area contributed by atoms with E-state index in [2.05, 4.69) is 0 Å². The zero-order valence-electron chi connectivity index (χ0n) is 9.52. The molecule has 0 aliphatic heterocycles. The molecule has 96 valence electrons. The molecule has 3 nitrogen and oxygen atoms in total. The van der Waals surface area contributed by atoms with Crippen LogP contribution in [-0.4, -0.2) is 24.0 Å². The number of hydrogen-bond donors (Lipinski definition) is 1. The Morgan fingerprint density at radius 2 is 1.88 bits per heavy atom. The molecule has 1 aromatic carbocycles. The van der Waals surface area contributed by atoms with E-state index in [9.17, 15) is 17.9 Å². The van der Waals surface area contributed by atoms with Crippen LogP contribution in [0.25, 0.3) is 0 Å².